The summed E-state index contributed by atoms with van der Waals surface area (Å²) in [4.78, 5) is 0. The molecule has 0 spiro atoms. The van der Waals surface area contributed by atoms with E-state index in [-0.39, 0.29) is 0 Å². The standard InChI is InChI=1S/C2H6.2C2H2/c3*1-2/h1-2H3;2*1-2H. The fraction of sp³-hybridized carbons (Fsp3) is 0.333. The van der Waals surface area contributed by atoms with Crippen molar-refractivity contribution in [2.75, 3.05) is 0 Å². The van der Waals surface area contributed by atoms with Crippen LogP contribution in [0.25, 0.3) is 0 Å². The van der Waals surface area contributed by atoms with Gasteiger partial charge in [0.25, 0.3) is 0 Å². The summed E-state index contributed by atoms with van der Waals surface area (Å²) in [5.41, 5.74) is 0. The second kappa shape index (κ2) is 51.8. The molecule has 0 rings (SSSR count). The Hall–Kier alpha value is -0.880. The van der Waals surface area contributed by atoms with Gasteiger partial charge in [-0.05, 0) is 0 Å². The van der Waals surface area contributed by atoms with Crippen LogP contribution >= 0.6 is 0 Å². The van der Waals surface area contributed by atoms with Crippen LogP contribution in [0.5, 0.6) is 0 Å². The van der Waals surface area contributed by atoms with Crippen LogP contribution in [-0.2, 0) is 0 Å². The van der Waals surface area contributed by atoms with E-state index in [9.17, 15) is 0 Å². The van der Waals surface area contributed by atoms with Crippen molar-refractivity contribution in [2.24, 2.45) is 0 Å². The lowest BCUT2D eigenvalue weighted by Gasteiger charge is -1.07. The third-order valence-electron chi connectivity index (χ3n) is 0. The van der Waals surface area contributed by atoms with E-state index in [1.165, 1.54) is 0 Å². The quantitative estimate of drug-likeness (QED) is 0.389. The first kappa shape index (κ1) is 19.3. The van der Waals surface area contributed by atoms with E-state index in [2.05, 4.69) is 25.7 Å². The van der Waals surface area contributed by atoms with Gasteiger partial charge in [0.15, 0.2) is 0 Å². The van der Waals surface area contributed by atoms with Gasteiger partial charge in [0, 0.05) is 0 Å². The lowest BCUT2D eigenvalue weighted by Crippen LogP contribution is -0.856. The predicted octanol–water partition coefficient (Wildman–Crippen LogP) is 1.52. The summed E-state index contributed by atoms with van der Waals surface area (Å²) < 4.78 is 0. The highest BCUT2D eigenvalue weighted by atomic mass is 13.0. The Morgan fingerprint density at radius 3 is 0.667 bits per heavy atom. The second-order valence-corrected chi connectivity index (χ2v) is 0. The SMILES string of the molecule is C#C.C#C.CC. The zero-order valence-corrected chi connectivity index (χ0v) is 4.31. The summed E-state index contributed by atoms with van der Waals surface area (Å²) in [7, 11) is 0. The first-order valence-corrected chi connectivity index (χ1v) is 1.67. The highest BCUT2D eigenvalue weighted by Crippen LogP contribution is 1.14. The van der Waals surface area contributed by atoms with Gasteiger partial charge in [-0.1, -0.05) is 13.8 Å². The molecule has 0 aliphatic heterocycles. The van der Waals surface area contributed by atoms with Crippen molar-refractivity contribution in [2.45, 2.75) is 13.8 Å². The Morgan fingerprint density at radius 2 is 0.667 bits per heavy atom. The highest BCUT2D eigenvalue weighted by Gasteiger charge is 0.932. The summed E-state index contributed by atoms with van der Waals surface area (Å²) in [6, 6.07) is 0. The third-order valence-corrected chi connectivity index (χ3v) is 0. The van der Waals surface area contributed by atoms with Gasteiger partial charge in [-0.2, -0.15) is 0 Å². The third kappa shape index (κ3) is 18.1. The fourth-order valence-electron chi connectivity index (χ4n) is 0. The Morgan fingerprint density at radius 1 is 0.667 bits per heavy atom. The molecule has 0 unspecified atom stereocenters. The Balaban J connectivity index is -0.0000000225. The van der Waals surface area contributed by atoms with Crippen molar-refractivity contribution < 1.29 is 0 Å². The molecule has 0 nitrogen and oxygen atoms in total. The Kier molecular flexibility index (Phi) is 167. The van der Waals surface area contributed by atoms with Crippen LogP contribution in [0.1, 0.15) is 13.8 Å². The molecule has 0 heteroatoms. The van der Waals surface area contributed by atoms with Crippen LogP contribution in [0.15, 0.2) is 0 Å². The zero-order valence-electron chi connectivity index (χ0n) is 4.31. The first-order valence-electron chi connectivity index (χ1n) is 1.67. The van der Waals surface area contributed by atoms with Crippen molar-refractivity contribution in [1.82, 2.24) is 0 Å². The van der Waals surface area contributed by atoms with Crippen molar-refractivity contribution >= 4 is 0 Å². The van der Waals surface area contributed by atoms with E-state index in [1.807, 2.05) is 13.8 Å². The molecule has 0 aliphatic rings. The molecule has 34 valence electrons. The normalized spacial score (nSPS) is 1.67. The van der Waals surface area contributed by atoms with Gasteiger partial charge in [-0.25, -0.2) is 0 Å². The Labute approximate surface area is 40.6 Å². The van der Waals surface area contributed by atoms with Gasteiger partial charge in [0.05, 0.1) is 0 Å². The summed E-state index contributed by atoms with van der Waals surface area (Å²) in [5, 5.41) is 0. The van der Waals surface area contributed by atoms with Gasteiger partial charge < -0.3 is 0 Å². The monoisotopic (exact) mass is 82.1 g/mol. The lowest BCUT2D eigenvalue weighted by molar-refractivity contribution is 1.50. The van der Waals surface area contributed by atoms with E-state index in [1.54, 1.807) is 0 Å². The molecule has 0 fully saturated rings. The molecule has 0 aliphatic carbocycles. The molecule has 0 saturated carbocycles. The van der Waals surface area contributed by atoms with Gasteiger partial charge in [0.1, 0.15) is 0 Å². The molecule has 0 radical (unpaired) electrons. The van der Waals surface area contributed by atoms with Crippen molar-refractivity contribution in [3.8, 4) is 25.7 Å². The van der Waals surface area contributed by atoms with Gasteiger partial charge >= 0.3 is 0 Å². The van der Waals surface area contributed by atoms with Crippen LogP contribution in [0.2, 0.25) is 0 Å². The molecule has 0 bridgehead atoms. The molecule has 0 N–H and O–H groups in total. The molecule has 0 heterocycles. The molecule has 0 amide bonds. The van der Waals surface area contributed by atoms with E-state index in [0.717, 1.165) is 0 Å². The van der Waals surface area contributed by atoms with Crippen molar-refractivity contribution in [3.63, 3.8) is 0 Å². The molecule has 0 atom stereocenters. The van der Waals surface area contributed by atoms with E-state index in [4.69, 9.17) is 0 Å². The summed E-state index contributed by atoms with van der Waals surface area (Å²) in [6.45, 7) is 4.00. The van der Waals surface area contributed by atoms with Crippen LogP contribution in [0, 0.1) is 25.7 Å². The fourth-order valence-corrected chi connectivity index (χ4v) is 0. The average Bonchev–Trinajstić information content (AvgIpc) is 1.81. The topological polar surface area (TPSA) is 0 Å². The first-order chi connectivity index (χ1) is 3.00. The van der Waals surface area contributed by atoms with Crippen LogP contribution in [-0.4, -0.2) is 0 Å². The molecule has 0 saturated heterocycles. The summed E-state index contributed by atoms with van der Waals surface area (Å²) >= 11 is 0. The van der Waals surface area contributed by atoms with Gasteiger partial charge in [-0.15, -0.1) is 25.7 Å². The maximum atomic E-state index is 4.00. The van der Waals surface area contributed by atoms with Gasteiger partial charge in [-0.3, -0.25) is 0 Å². The zero-order chi connectivity index (χ0) is 6.00. The van der Waals surface area contributed by atoms with Crippen molar-refractivity contribution in [3.05, 3.63) is 0 Å². The predicted molar refractivity (Wildman–Crippen MR) is 31.1 cm³/mol. The molecular formula is C6H10. The lowest BCUT2D eigenvalue weighted by atomic mass is 11.0. The van der Waals surface area contributed by atoms with Crippen molar-refractivity contribution in [1.29, 1.82) is 0 Å². The van der Waals surface area contributed by atoms with Gasteiger partial charge in [0.2, 0.25) is 0 Å². The highest BCUT2D eigenvalue weighted by molar-refractivity contribution is 4.47. The average molecular weight is 82.1 g/mol. The number of terminal acetylenes is 2. The van der Waals surface area contributed by atoms with E-state index in [0.29, 0.717) is 0 Å². The number of hydrogen-bond donors (Lipinski definition) is 0. The molecule has 0 aromatic carbocycles. The number of hydrogen-bond acceptors (Lipinski definition) is 0. The minimum Gasteiger partial charge on any atom is -0.124 e. The molecule has 0 aromatic rings. The van der Waals surface area contributed by atoms with Crippen LogP contribution < -0.4 is 0 Å². The smallest absolute Gasteiger partial charge is 0.0683 e. The van der Waals surface area contributed by atoms with E-state index >= 15 is 0 Å². The summed E-state index contributed by atoms with van der Waals surface area (Å²) in [6.07, 6.45) is 16.0. The van der Waals surface area contributed by atoms with E-state index < -0.39 is 0 Å². The largest absolute Gasteiger partial charge is 0.124 e. The molecule has 6 heavy (non-hydrogen) atoms. The van der Waals surface area contributed by atoms with Crippen LogP contribution in [0.3, 0.4) is 0 Å². The second-order valence-electron chi connectivity index (χ2n) is 0. The maximum absolute atomic E-state index is 4.00. The molecule has 0 aromatic heterocycles. The Bertz CT molecular complexity index is 15.5. The minimum atomic E-state index is 2.00. The maximum Gasteiger partial charge on any atom is -0.0683 e. The summed E-state index contributed by atoms with van der Waals surface area (Å²) in [5.74, 6) is 0. The minimum absolute atomic E-state index is 2.00. The molecular weight excluding hydrogens is 72.1 g/mol. The van der Waals surface area contributed by atoms with Crippen LogP contribution in [0.4, 0.5) is 0 Å². The number of rotatable bonds is 0.